The predicted octanol–water partition coefficient (Wildman–Crippen LogP) is 6.64. The Balaban J connectivity index is 1.26. The Morgan fingerprint density at radius 3 is 2.75 bits per heavy atom. The number of H-pyrrole nitrogens is 2. The first kappa shape index (κ1) is 21.0. The van der Waals surface area contributed by atoms with Crippen molar-refractivity contribution in [3.05, 3.63) is 72.5 Å². The maximum absolute atomic E-state index is 12.4. The van der Waals surface area contributed by atoms with Crippen LogP contribution in [-0.2, 0) is 4.79 Å². The van der Waals surface area contributed by atoms with E-state index in [2.05, 4.69) is 78.3 Å². The van der Waals surface area contributed by atoms with Crippen LogP contribution < -0.4 is 5.32 Å². The predicted molar refractivity (Wildman–Crippen MR) is 144 cm³/mol. The lowest BCUT2D eigenvalue weighted by molar-refractivity contribution is -0.122. The summed E-state index contributed by atoms with van der Waals surface area (Å²) in [7, 11) is 0. The Hall–Kier alpha value is -4.30. The molecule has 6 aromatic rings. The van der Waals surface area contributed by atoms with Gasteiger partial charge >= 0.3 is 0 Å². The first-order chi connectivity index (χ1) is 17.7. The molecule has 1 aliphatic carbocycles. The van der Waals surface area contributed by atoms with Gasteiger partial charge in [-0.05, 0) is 48.6 Å². The van der Waals surface area contributed by atoms with Crippen LogP contribution in [0.1, 0.15) is 19.3 Å². The molecule has 0 bridgehead atoms. The second-order valence-electron chi connectivity index (χ2n) is 9.20. The number of anilines is 1. The average Bonchev–Trinajstić information content (AvgIpc) is 3.61. The van der Waals surface area contributed by atoms with Gasteiger partial charge in [-0.1, -0.05) is 24.6 Å². The Bertz CT molecular complexity index is 1730. The lowest BCUT2D eigenvalue weighted by atomic mass is 9.85. The lowest BCUT2D eigenvalue weighted by Gasteiger charge is -2.24. The van der Waals surface area contributed by atoms with Crippen LogP contribution in [0.5, 0.6) is 0 Å². The second kappa shape index (κ2) is 8.42. The summed E-state index contributed by atoms with van der Waals surface area (Å²) >= 11 is 1.73. The molecule has 1 aromatic carbocycles. The molecule has 1 aliphatic rings. The lowest BCUT2D eigenvalue weighted by Crippen LogP contribution is -2.28. The van der Waals surface area contributed by atoms with E-state index < -0.39 is 0 Å². The number of aromatic amines is 2. The minimum atomic E-state index is 0.0756. The highest BCUT2D eigenvalue weighted by atomic mass is 32.1. The number of nitrogens with zero attached hydrogens (tertiary/aromatic N) is 3. The number of carbonyl (C=O) groups is 1. The third kappa shape index (κ3) is 3.58. The molecule has 0 aliphatic heterocycles. The molecule has 0 spiro atoms. The molecule has 5 heterocycles. The van der Waals surface area contributed by atoms with Gasteiger partial charge in [0, 0.05) is 56.2 Å². The van der Waals surface area contributed by atoms with Crippen LogP contribution in [0.25, 0.3) is 54.9 Å². The molecule has 176 valence electrons. The molecule has 0 saturated heterocycles. The number of nitrogens with one attached hydrogen (secondary N) is 3. The Labute approximate surface area is 210 Å². The van der Waals surface area contributed by atoms with Crippen LogP contribution in [0, 0.1) is 5.92 Å². The SMILES string of the molecule is O=C(Nc1cncc(-c2cnc3n[nH]c(-c4cc5c(-c6cccs6)cccc5[nH]4)c3c2)c1)C1CCC1. The molecular weight excluding hydrogens is 468 g/mol. The van der Waals surface area contributed by atoms with Gasteiger partial charge in [-0.3, -0.25) is 14.9 Å². The van der Waals surface area contributed by atoms with E-state index >= 15 is 0 Å². The standard InChI is InChI=1S/C28H22N6OS/c35-28(16-4-1-5-16)31-19-10-17(13-29-15-19)18-11-22-26(33-34-27(22)30-14-18)24-12-21-20(25-8-3-9-36-25)6-2-7-23(21)32-24/h2-3,6-16,32H,1,4-5H2,(H,31,35)(H,30,33,34). The molecule has 36 heavy (non-hydrogen) atoms. The van der Waals surface area contributed by atoms with Gasteiger partial charge in [0.1, 0.15) is 0 Å². The maximum atomic E-state index is 12.4. The summed E-state index contributed by atoms with van der Waals surface area (Å²) < 4.78 is 0. The van der Waals surface area contributed by atoms with E-state index in [1.165, 1.54) is 15.8 Å². The van der Waals surface area contributed by atoms with Crippen LogP contribution >= 0.6 is 11.3 Å². The van der Waals surface area contributed by atoms with Gasteiger partial charge in [-0.2, -0.15) is 5.10 Å². The molecule has 5 aromatic heterocycles. The van der Waals surface area contributed by atoms with Gasteiger partial charge in [0.05, 0.1) is 23.3 Å². The molecule has 7 nitrogen and oxygen atoms in total. The number of aromatic nitrogens is 5. The molecule has 8 heteroatoms. The fourth-order valence-corrected chi connectivity index (χ4v) is 5.55. The fraction of sp³-hybridized carbons (Fsp3) is 0.143. The zero-order chi connectivity index (χ0) is 24.1. The zero-order valence-corrected chi connectivity index (χ0v) is 20.1. The molecule has 7 rings (SSSR count). The summed E-state index contributed by atoms with van der Waals surface area (Å²) in [5, 5.41) is 14.8. The van der Waals surface area contributed by atoms with Gasteiger partial charge in [-0.15, -0.1) is 11.3 Å². The van der Waals surface area contributed by atoms with Crippen molar-refractivity contribution in [2.75, 3.05) is 5.32 Å². The maximum Gasteiger partial charge on any atom is 0.227 e. The van der Waals surface area contributed by atoms with Gasteiger partial charge in [0.25, 0.3) is 0 Å². The van der Waals surface area contributed by atoms with E-state index in [1.807, 2.05) is 6.07 Å². The molecule has 1 saturated carbocycles. The van der Waals surface area contributed by atoms with E-state index in [9.17, 15) is 4.79 Å². The minimum Gasteiger partial charge on any atom is -0.353 e. The molecule has 1 fully saturated rings. The summed E-state index contributed by atoms with van der Waals surface area (Å²) in [5.74, 6) is 0.198. The van der Waals surface area contributed by atoms with Gasteiger partial charge in [-0.25, -0.2) is 4.98 Å². The number of rotatable bonds is 5. The highest BCUT2D eigenvalue weighted by Crippen LogP contribution is 2.36. The summed E-state index contributed by atoms with van der Waals surface area (Å²) in [4.78, 5) is 26.1. The Morgan fingerprint density at radius 1 is 1.00 bits per heavy atom. The molecular formula is C28H22N6OS. The quantitative estimate of drug-likeness (QED) is 0.252. The molecule has 0 unspecified atom stereocenters. The minimum absolute atomic E-state index is 0.0756. The topological polar surface area (TPSA) is 99.3 Å². The number of hydrogen-bond acceptors (Lipinski definition) is 5. The Kier molecular flexibility index (Phi) is 4.92. The molecule has 3 N–H and O–H groups in total. The largest absolute Gasteiger partial charge is 0.353 e. The zero-order valence-electron chi connectivity index (χ0n) is 19.3. The van der Waals surface area contributed by atoms with Crippen molar-refractivity contribution in [1.82, 2.24) is 25.1 Å². The van der Waals surface area contributed by atoms with Crippen molar-refractivity contribution in [1.29, 1.82) is 0 Å². The van der Waals surface area contributed by atoms with Crippen molar-refractivity contribution in [2.24, 2.45) is 5.92 Å². The molecule has 1 amide bonds. The fourth-order valence-electron chi connectivity index (χ4n) is 4.78. The van der Waals surface area contributed by atoms with E-state index in [0.29, 0.717) is 11.3 Å². The molecule has 0 atom stereocenters. The van der Waals surface area contributed by atoms with Crippen LogP contribution in [0.2, 0.25) is 0 Å². The normalized spacial score (nSPS) is 13.8. The van der Waals surface area contributed by atoms with Crippen molar-refractivity contribution < 1.29 is 4.79 Å². The highest BCUT2D eigenvalue weighted by Gasteiger charge is 2.25. The average molecular weight is 491 g/mol. The number of amides is 1. The van der Waals surface area contributed by atoms with E-state index in [1.54, 1.807) is 29.9 Å². The summed E-state index contributed by atoms with van der Waals surface area (Å²) in [6, 6.07) is 16.7. The smallest absolute Gasteiger partial charge is 0.227 e. The number of fused-ring (bicyclic) bond motifs is 2. The van der Waals surface area contributed by atoms with Crippen LogP contribution in [0.3, 0.4) is 0 Å². The van der Waals surface area contributed by atoms with Crippen molar-refractivity contribution >= 4 is 44.9 Å². The third-order valence-corrected chi connectivity index (χ3v) is 7.85. The van der Waals surface area contributed by atoms with Crippen molar-refractivity contribution in [3.8, 4) is 33.0 Å². The van der Waals surface area contributed by atoms with E-state index in [4.69, 9.17) is 0 Å². The van der Waals surface area contributed by atoms with Crippen LogP contribution in [0.15, 0.2) is 72.5 Å². The number of pyridine rings is 2. The van der Waals surface area contributed by atoms with Crippen molar-refractivity contribution in [3.63, 3.8) is 0 Å². The van der Waals surface area contributed by atoms with E-state index in [-0.39, 0.29) is 11.8 Å². The van der Waals surface area contributed by atoms with Gasteiger partial charge in [0.15, 0.2) is 5.65 Å². The van der Waals surface area contributed by atoms with E-state index in [0.717, 1.165) is 52.7 Å². The summed E-state index contributed by atoms with van der Waals surface area (Å²) in [6.07, 6.45) is 8.32. The van der Waals surface area contributed by atoms with Crippen LogP contribution in [0.4, 0.5) is 5.69 Å². The number of thiophene rings is 1. The number of benzene rings is 1. The Morgan fingerprint density at radius 2 is 1.92 bits per heavy atom. The first-order valence-electron chi connectivity index (χ1n) is 12.0. The summed E-state index contributed by atoms with van der Waals surface area (Å²) in [6.45, 7) is 0. The van der Waals surface area contributed by atoms with Gasteiger partial charge in [0.2, 0.25) is 5.91 Å². The first-order valence-corrected chi connectivity index (χ1v) is 12.9. The van der Waals surface area contributed by atoms with Crippen LogP contribution in [-0.4, -0.2) is 31.1 Å². The monoisotopic (exact) mass is 490 g/mol. The van der Waals surface area contributed by atoms with Gasteiger partial charge < -0.3 is 10.3 Å². The highest BCUT2D eigenvalue weighted by molar-refractivity contribution is 7.13. The third-order valence-electron chi connectivity index (χ3n) is 6.94. The summed E-state index contributed by atoms with van der Waals surface area (Å²) in [5.41, 5.74) is 7.26. The number of carbonyl (C=O) groups excluding carboxylic acids is 1. The second-order valence-corrected chi connectivity index (χ2v) is 10.1. The molecule has 0 radical (unpaired) electrons. The number of hydrogen-bond donors (Lipinski definition) is 3. The van der Waals surface area contributed by atoms with Crippen molar-refractivity contribution in [2.45, 2.75) is 19.3 Å².